The van der Waals surface area contributed by atoms with E-state index in [1.807, 2.05) is 18.7 Å². The summed E-state index contributed by atoms with van der Waals surface area (Å²) >= 11 is 0. The Morgan fingerprint density at radius 3 is 2.56 bits per heavy atom. The predicted molar refractivity (Wildman–Crippen MR) is 102 cm³/mol. The van der Waals surface area contributed by atoms with Gasteiger partial charge in [0.1, 0.15) is 24.1 Å². The standard InChI is InChI=1S/C20H25FN4O2/c1-14(2)11-18(26)20(27)25-9-7-24(8-10-25)19-12-17(22-13-23-19)15-5-3-4-6-16(15)21/h3-6,12-14,18,26H,7-11H2,1-2H3. The molecule has 2 aromatic rings. The Morgan fingerprint density at radius 1 is 1.19 bits per heavy atom. The van der Waals surface area contributed by atoms with Crippen LogP contribution in [0.5, 0.6) is 0 Å². The van der Waals surface area contributed by atoms with Crippen LogP contribution in [0.2, 0.25) is 0 Å². The van der Waals surface area contributed by atoms with Crippen LogP contribution in [0, 0.1) is 11.7 Å². The van der Waals surface area contributed by atoms with Gasteiger partial charge in [-0.05, 0) is 24.5 Å². The first-order chi connectivity index (χ1) is 13.0. The fraction of sp³-hybridized carbons (Fsp3) is 0.450. The minimum absolute atomic E-state index is 0.210. The van der Waals surface area contributed by atoms with Crippen molar-refractivity contribution < 1.29 is 14.3 Å². The number of aromatic nitrogens is 2. The molecule has 0 saturated carbocycles. The first kappa shape index (κ1) is 19.2. The molecule has 1 atom stereocenters. The molecular formula is C20H25FN4O2. The molecule has 1 N–H and O–H groups in total. The lowest BCUT2D eigenvalue weighted by molar-refractivity contribution is -0.141. The molecule has 1 amide bonds. The summed E-state index contributed by atoms with van der Waals surface area (Å²) in [6, 6.07) is 8.28. The zero-order valence-corrected chi connectivity index (χ0v) is 15.7. The molecule has 3 rings (SSSR count). The molecule has 1 aliphatic heterocycles. The van der Waals surface area contributed by atoms with E-state index in [2.05, 4.69) is 9.97 Å². The van der Waals surface area contributed by atoms with Gasteiger partial charge >= 0.3 is 0 Å². The van der Waals surface area contributed by atoms with Crippen molar-refractivity contribution >= 4 is 11.7 Å². The minimum atomic E-state index is -0.941. The van der Waals surface area contributed by atoms with Gasteiger partial charge in [0, 0.05) is 37.8 Å². The second-order valence-corrected chi connectivity index (χ2v) is 7.20. The van der Waals surface area contributed by atoms with Gasteiger partial charge in [-0.15, -0.1) is 0 Å². The van der Waals surface area contributed by atoms with Crippen LogP contribution in [0.15, 0.2) is 36.7 Å². The van der Waals surface area contributed by atoms with Crippen LogP contribution in [-0.2, 0) is 4.79 Å². The number of hydrogen-bond donors (Lipinski definition) is 1. The second kappa shape index (κ2) is 8.43. The van der Waals surface area contributed by atoms with Crippen LogP contribution in [0.1, 0.15) is 20.3 Å². The number of nitrogens with zero attached hydrogens (tertiary/aromatic N) is 4. The van der Waals surface area contributed by atoms with Gasteiger partial charge in [0.05, 0.1) is 5.69 Å². The number of carbonyl (C=O) groups excluding carboxylic acids is 1. The number of rotatable bonds is 5. The molecule has 1 fully saturated rings. The van der Waals surface area contributed by atoms with Crippen molar-refractivity contribution in [3.8, 4) is 11.3 Å². The molecule has 1 aromatic heterocycles. The summed E-state index contributed by atoms with van der Waals surface area (Å²) in [4.78, 5) is 24.6. The lowest BCUT2D eigenvalue weighted by atomic mass is 10.0. The summed E-state index contributed by atoms with van der Waals surface area (Å²) in [5, 5.41) is 10.1. The number of aliphatic hydroxyl groups excluding tert-OH is 1. The molecule has 7 heteroatoms. The highest BCUT2D eigenvalue weighted by atomic mass is 19.1. The Hall–Kier alpha value is -2.54. The average Bonchev–Trinajstić information content (AvgIpc) is 2.67. The molecule has 0 radical (unpaired) electrons. The summed E-state index contributed by atoms with van der Waals surface area (Å²) in [5.41, 5.74) is 0.968. The molecule has 144 valence electrons. The average molecular weight is 372 g/mol. The number of amides is 1. The maximum atomic E-state index is 14.0. The number of carbonyl (C=O) groups is 1. The van der Waals surface area contributed by atoms with E-state index in [1.54, 1.807) is 29.2 Å². The molecule has 1 aromatic carbocycles. The van der Waals surface area contributed by atoms with Crippen LogP contribution in [0.25, 0.3) is 11.3 Å². The Labute approximate surface area is 158 Å². The van der Waals surface area contributed by atoms with E-state index in [9.17, 15) is 14.3 Å². The zero-order chi connectivity index (χ0) is 19.4. The number of benzene rings is 1. The lowest BCUT2D eigenvalue weighted by Crippen LogP contribution is -2.51. The van der Waals surface area contributed by atoms with Gasteiger partial charge in [0.2, 0.25) is 0 Å². The summed E-state index contributed by atoms with van der Waals surface area (Å²) in [7, 11) is 0. The van der Waals surface area contributed by atoms with Gasteiger partial charge in [-0.25, -0.2) is 14.4 Å². The van der Waals surface area contributed by atoms with Crippen LogP contribution < -0.4 is 4.90 Å². The molecule has 6 nitrogen and oxygen atoms in total. The monoisotopic (exact) mass is 372 g/mol. The van der Waals surface area contributed by atoms with Crippen molar-refractivity contribution in [1.29, 1.82) is 0 Å². The van der Waals surface area contributed by atoms with E-state index < -0.39 is 6.10 Å². The van der Waals surface area contributed by atoms with Gasteiger partial charge in [-0.1, -0.05) is 26.0 Å². The third kappa shape index (κ3) is 4.60. The third-order valence-electron chi connectivity index (χ3n) is 4.70. The van der Waals surface area contributed by atoms with Crippen molar-refractivity contribution in [2.45, 2.75) is 26.4 Å². The fourth-order valence-corrected chi connectivity index (χ4v) is 3.25. The van der Waals surface area contributed by atoms with E-state index in [4.69, 9.17) is 0 Å². The number of hydrogen-bond acceptors (Lipinski definition) is 5. The van der Waals surface area contributed by atoms with Crippen molar-refractivity contribution in [2.24, 2.45) is 5.92 Å². The van der Waals surface area contributed by atoms with E-state index in [0.29, 0.717) is 49.7 Å². The van der Waals surface area contributed by atoms with E-state index in [0.717, 1.165) is 0 Å². The molecule has 0 spiro atoms. The molecule has 2 heterocycles. The van der Waals surface area contributed by atoms with Crippen molar-refractivity contribution in [3.63, 3.8) is 0 Å². The number of piperazine rings is 1. The maximum absolute atomic E-state index is 14.0. The first-order valence-electron chi connectivity index (χ1n) is 9.24. The van der Waals surface area contributed by atoms with Gasteiger partial charge < -0.3 is 14.9 Å². The Bertz CT molecular complexity index is 791. The van der Waals surface area contributed by atoms with E-state index >= 15 is 0 Å². The topological polar surface area (TPSA) is 69.6 Å². The SMILES string of the molecule is CC(C)CC(O)C(=O)N1CCN(c2cc(-c3ccccc3F)ncn2)CC1. The zero-order valence-electron chi connectivity index (χ0n) is 15.7. The summed E-state index contributed by atoms with van der Waals surface area (Å²) in [5.74, 6) is 0.441. The fourth-order valence-electron chi connectivity index (χ4n) is 3.25. The van der Waals surface area contributed by atoms with Gasteiger partial charge in [0.15, 0.2) is 0 Å². The Kier molecular flexibility index (Phi) is 6.01. The molecule has 0 aliphatic carbocycles. The van der Waals surface area contributed by atoms with Crippen LogP contribution in [0.3, 0.4) is 0 Å². The minimum Gasteiger partial charge on any atom is -0.383 e. The summed E-state index contributed by atoms with van der Waals surface area (Å²) in [6.45, 7) is 6.22. The highest BCUT2D eigenvalue weighted by Gasteiger charge is 2.27. The number of anilines is 1. The molecular weight excluding hydrogens is 347 g/mol. The lowest BCUT2D eigenvalue weighted by Gasteiger charge is -2.36. The number of halogens is 1. The van der Waals surface area contributed by atoms with Crippen molar-refractivity contribution in [2.75, 3.05) is 31.1 Å². The van der Waals surface area contributed by atoms with Crippen LogP contribution in [-0.4, -0.2) is 58.2 Å². The second-order valence-electron chi connectivity index (χ2n) is 7.20. The van der Waals surface area contributed by atoms with Gasteiger partial charge in [-0.3, -0.25) is 4.79 Å². The molecule has 27 heavy (non-hydrogen) atoms. The molecule has 1 unspecified atom stereocenters. The van der Waals surface area contributed by atoms with E-state index in [-0.39, 0.29) is 17.6 Å². The van der Waals surface area contributed by atoms with Gasteiger partial charge in [-0.2, -0.15) is 0 Å². The number of aliphatic hydroxyl groups is 1. The normalized spacial score (nSPS) is 15.9. The largest absolute Gasteiger partial charge is 0.383 e. The highest BCUT2D eigenvalue weighted by molar-refractivity contribution is 5.81. The molecule has 1 saturated heterocycles. The Morgan fingerprint density at radius 2 is 1.89 bits per heavy atom. The summed E-state index contributed by atoms with van der Waals surface area (Å²) in [6.07, 6.45) is 0.959. The molecule has 0 bridgehead atoms. The Balaban J connectivity index is 1.66. The smallest absolute Gasteiger partial charge is 0.251 e. The van der Waals surface area contributed by atoms with Crippen molar-refractivity contribution in [3.05, 3.63) is 42.5 Å². The first-order valence-corrected chi connectivity index (χ1v) is 9.24. The van der Waals surface area contributed by atoms with Gasteiger partial charge in [0.25, 0.3) is 5.91 Å². The third-order valence-corrected chi connectivity index (χ3v) is 4.70. The summed E-state index contributed by atoms with van der Waals surface area (Å²) < 4.78 is 14.0. The highest BCUT2D eigenvalue weighted by Crippen LogP contribution is 2.24. The quantitative estimate of drug-likeness (QED) is 0.872. The maximum Gasteiger partial charge on any atom is 0.251 e. The van der Waals surface area contributed by atoms with Crippen molar-refractivity contribution in [1.82, 2.24) is 14.9 Å². The van der Waals surface area contributed by atoms with Crippen LogP contribution in [0.4, 0.5) is 10.2 Å². The predicted octanol–water partition coefficient (Wildman–Crippen LogP) is 2.34. The van der Waals surface area contributed by atoms with E-state index in [1.165, 1.54) is 12.4 Å². The van der Waals surface area contributed by atoms with Crippen LogP contribution >= 0.6 is 0 Å². The molecule has 1 aliphatic rings.